The van der Waals surface area contributed by atoms with Crippen LogP contribution in [0.4, 0.5) is 10.2 Å². The molecule has 4 nitrogen and oxygen atoms in total. The number of halogens is 1. The molecule has 2 aromatic rings. The Bertz CT molecular complexity index is 559. The van der Waals surface area contributed by atoms with Crippen molar-refractivity contribution in [1.82, 2.24) is 9.97 Å². The van der Waals surface area contributed by atoms with E-state index in [4.69, 9.17) is 0 Å². The van der Waals surface area contributed by atoms with Crippen molar-refractivity contribution in [3.63, 3.8) is 0 Å². The van der Waals surface area contributed by atoms with Crippen LogP contribution in [0.2, 0.25) is 0 Å². The number of aliphatic hydroxyl groups is 1. The molecule has 2 rings (SSSR count). The maximum atomic E-state index is 13.6. The minimum atomic E-state index is -0.446. The van der Waals surface area contributed by atoms with E-state index in [0.29, 0.717) is 35.6 Å². The molecular formula is C14H18FN3O. The molecule has 0 saturated carbocycles. The standard InChI is InChI=1S/C14H18FN3O/c1-9(2)6-10(19)7-16-14-11-4-3-5-12(15)13(11)17-8-18-14/h3-5,8-10,19H,6-7H2,1-2H3,(H,16,17,18). The predicted molar refractivity (Wildman–Crippen MR) is 73.4 cm³/mol. The van der Waals surface area contributed by atoms with Crippen molar-refractivity contribution in [1.29, 1.82) is 0 Å². The van der Waals surface area contributed by atoms with Crippen molar-refractivity contribution >= 4 is 16.7 Å². The minimum absolute atomic E-state index is 0.290. The van der Waals surface area contributed by atoms with Crippen molar-refractivity contribution < 1.29 is 9.50 Å². The van der Waals surface area contributed by atoms with E-state index in [2.05, 4.69) is 29.1 Å². The second-order valence-corrected chi connectivity index (χ2v) is 5.02. The van der Waals surface area contributed by atoms with Gasteiger partial charge in [0.2, 0.25) is 0 Å². The largest absolute Gasteiger partial charge is 0.391 e. The summed E-state index contributed by atoms with van der Waals surface area (Å²) < 4.78 is 13.6. The van der Waals surface area contributed by atoms with Gasteiger partial charge < -0.3 is 10.4 Å². The molecule has 0 amide bonds. The van der Waals surface area contributed by atoms with E-state index >= 15 is 0 Å². The number of nitrogens with one attached hydrogen (secondary N) is 1. The van der Waals surface area contributed by atoms with Crippen LogP contribution >= 0.6 is 0 Å². The van der Waals surface area contributed by atoms with Crippen molar-refractivity contribution in [2.75, 3.05) is 11.9 Å². The van der Waals surface area contributed by atoms with Crippen LogP contribution in [-0.2, 0) is 0 Å². The Morgan fingerprint density at radius 3 is 2.84 bits per heavy atom. The highest BCUT2D eigenvalue weighted by molar-refractivity contribution is 5.89. The second kappa shape index (κ2) is 5.93. The number of fused-ring (bicyclic) bond motifs is 1. The van der Waals surface area contributed by atoms with Crippen LogP contribution in [0.5, 0.6) is 0 Å². The van der Waals surface area contributed by atoms with Gasteiger partial charge in [-0.1, -0.05) is 19.9 Å². The number of hydrogen-bond donors (Lipinski definition) is 2. The number of anilines is 1. The van der Waals surface area contributed by atoms with E-state index in [9.17, 15) is 9.50 Å². The zero-order valence-corrected chi connectivity index (χ0v) is 11.1. The first kappa shape index (κ1) is 13.7. The van der Waals surface area contributed by atoms with Gasteiger partial charge in [-0.3, -0.25) is 0 Å². The Hall–Kier alpha value is -1.75. The number of para-hydroxylation sites is 1. The summed E-state index contributed by atoms with van der Waals surface area (Å²) in [6.07, 6.45) is 1.59. The molecule has 1 aromatic carbocycles. The van der Waals surface area contributed by atoms with Crippen LogP contribution in [-0.4, -0.2) is 27.7 Å². The quantitative estimate of drug-likeness (QED) is 0.870. The number of hydrogen-bond acceptors (Lipinski definition) is 4. The average Bonchev–Trinajstić information content (AvgIpc) is 2.36. The van der Waals surface area contributed by atoms with E-state index in [-0.39, 0.29) is 5.82 Å². The Kier molecular flexibility index (Phi) is 4.27. The number of aliphatic hydroxyl groups excluding tert-OH is 1. The monoisotopic (exact) mass is 263 g/mol. The maximum Gasteiger partial charge on any atom is 0.149 e. The summed E-state index contributed by atoms with van der Waals surface area (Å²) >= 11 is 0. The van der Waals surface area contributed by atoms with Gasteiger partial charge in [-0.25, -0.2) is 14.4 Å². The van der Waals surface area contributed by atoms with E-state index < -0.39 is 6.10 Å². The van der Waals surface area contributed by atoms with Gasteiger partial charge in [0.15, 0.2) is 0 Å². The fraction of sp³-hybridized carbons (Fsp3) is 0.429. The van der Waals surface area contributed by atoms with Gasteiger partial charge in [0.1, 0.15) is 23.5 Å². The number of benzene rings is 1. The summed E-state index contributed by atoms with van der Waals surface area (Å²) in [7, 11) is 0. The number of aromatic nitrogens is 2. The van der Waals surface area contributed by atoms with Gasteiger partial charge in [0.05, 0.1) is 6.10 Å². The summed E-state index contributed by atoms with van der Waals surface area (Å²) in [6.45, 7) is 4.50. The van der Waals surface area contributed by atoms with E-state index in [1.165, 1.54) is 12.4 Å². The Balaban J connectivity index is 2.15. The van der Waals surface area contributed by atoms with Gasteiger partial charge in [-0.2, -0.15) is 0 Å². The van der Waals surface area contributed by atoms with Crippen LogP contribution in [0.1, 0.15) is 20.3 Å². The van der Waals surface area contributed by atoms with E-state index in [0.717, 1.165) is 0 Å². The van der Waals surface area contributed by atoms with Gasteiger partial charge in [-0.05, 0) is 24.5 Å². The molecular weight excluding hydrogens is 245 g/mol. The van der Waals surface area contributed by atoms with Crippen molar-refractivity contribution in [3.05, 3.63) is 30.3 Å². The normalized spacial score (nSPS) is 12.9. The lowest BCUT2D eigenvalue weighted by molar-refractivity contribution is 0.161. The molecule has 0 aliphatic heterocycles. The van der Waals surface area contributed by atoms with Gasteiger partial charge in [-0.15, -0.1) is 0 Å². The molecule has 2 N–H and O–H groups in total. The summed E-state index contributed by atoms with van der Waals surface area (Å²) in [4.78, 5) is 8.03. The van der Waals surface area contributed by atoms with Gasteiger partial charge in [0.25, 0.3) is 0 Å². The Morgan fingerprint density at radius 1 is 1.32 bits per heavy atom. The van der Waals surface area contributed by atoms with Crippen molar-refractivity contribution in [2.45, 2.75) is 26.4 Å². The fourth-order valence-electron chi connectivity index (χ4n) is 2.03. The second-order valence-electron chi connectivity index (χ2n) is 5.02. The third-order valence-electron chi connectivity index (χ3n) is 2.86. The van der Waals surface area contributed by atoms with E-state index in [1.807, 2.05) is 0 Å². The molecule has 102 valence electrons. The van der Waals surface area contributed by atoms with Crippen LogP contribution in [0.15, 0.2) is 24.5 Å². The first-order valence-electron chi connectivity index (χ1n) is 6.39. The molecule has 0 spiro atoms. The molecule has 1 atom stereocenters. The predicted octanol–water partition coefficient (Wildman–Crippen LogP) is 2.59. The van der Waals surface area contributed by atoms with Gasteiger partial charge >= 0.3 is 0 Å². The highest BCUT2D eigenvalue weighted by atomic mass is 19.1. The smallest absolute Gasteiger partial charge is 0.149 e. The molecule has 0 saturated heterocycles. The zero-order valence-electron chi connectivity index (χ0n) is 11.1. The molecule has 1 unspecified atom stereocenters. The van der Waals surface area contributed by atoms with Gasteiger partial charge in [0, 0.05) is 11.9 Å². The number of nitrogens with zero attached hydrogens (tertiary/aromatic N) is 2. The van der Waals surface area contributed by atoms with Crippen LogP contribution < -0.4 is 5.32 Å². The molecule has 1 heterocycles. The summed E-state index contributed by atoms with van der Waals surface area (Å²) in [6, 6.07) is 4.75. The third-order valence-corrected chi connectivity index (χ3v) is 2.86. The lowest BCUT2D eigenvalue weighted by Gasteiger charge is -2.15. The molecule has 0 aliphatic rings. The lowest BCUT2D eigenvalue weighted by Crippen LogP contribution is -2.21. The molecule has 0 aliphatic carbocycles. The Morgan fingerprint density at radius 2 is 2.11 bits per heavy atom. The van der Waals surface area contributed by atoms with Crippen LogP contribution in [0, 0.1) is 11.7 Å². The first-order valence-corrected chi connectivity index (χ1v) is 6.39. The lowest BCUT2D eigenvalue weighted by atomic mass is 10.1. The molecule has 1 aromatic heterocycles. The molecule has 0 bridgehead atoms. The van der Waals surface area contributed by atoms with E-state index in [1.54, 1.807) is 12.1 Å². The summed E-state index contributed by atoms with van der Waals surface area (Å²) in [5, 5.41) is 13.5. The topological polar surface area (TPSA) is 58.0 Å². The SMILES string of the molecule is CC(C)CC(O)CNc1ncnc2c(F)cccc12. The van der Waals surface area contributed by atoms with Crippen LogP contribution in [0.25, 0.3) is 10.9 Å². The fourth-order valence-corrected chi connectivity index (χ4v) is 2.03. The first-order chi connectivity index (χ1) is 9.08. The summed E-state index contributed by atoms with van der Waals surface area (Å²) in [5.74, 6) is 0.606. The zero-order chi connectivity index (χ0) is 13.8. The highest BCUT2D eigenvalue weighted by Gasteiger charge is 2.10. The summed E-state index contributed by atoms with van der Waals surface area (Å²) in [5.41, 5.74) is 0.290. The Labute approximate surface area is 111 Å². The molecule has 19 heavy (non-hydrogen) atoms. The highest BCUT2D eigenvalue weighted by Crippen LogP contribution is 2.21. The third kappa shape index (κ3) is 3.38. The van der Waals surface area contributed by atoms with Crippen molar-refractivity contribution in [3.8, 4) is 0 Å². The van der Waals surface area contributed by atoms with Crippen molar-refractivity contribution in [2.24, 2.45) is 5.92 Å². The molecule has 0 radical (unpaired) electrons. The number of rotatable bonds is 5. The maximum absolute atomic E-state index is 13.6. The van der Waals surface area contributed by atoms with Crippen LogP contribution in [0.3, 0.4) is 0 Å². The molecule has 5 heteroatoms. The average molecular weight is 263 g/mol. The minimum Gasteiger partial charge on any atom is -0.391 e. The molecule has 0 fully saturated rings.